The minimum atomic E-state index is -3.41. The first-order chi connectivity index (χ1) is 12.3. The molecule has 0 fully saturated rings. The lowest BCUT2D eigenvalue weighted by Gasteiger charge is -2.04. The largest absolute Gasteiger partial charge is 0.507 e. The summed E-state index contributed by atoms with van der Waals surface area (Å²) in [5.74, 6) is -0.214. The van der Waals surface area contributed by atoms with Gasteiger partial charge in [0.1, 0.15) is 11.3 Å². The Hall–Kier alpha value is -2.45. The van der Waals surface area contributed by atoms with Crippen LogP contribution in [0.4, 0.5) is 0 Å². The first-order valence-corrected chi connectivity index (χ1v) is 10.1. The number of aliphatic hydroxyl groups is 1. The third-order valence-electron chi connectivity index (χ3n) is 3.72. The maximum atomic E-state index is 12.1. The van der Waals surface area contributed by atoms with E-state index in [4.69, 9.17) is 4.42 Å². The highest BCUT2D eigenvalue weighted by Crippen LogP contribution is 2.21. The van der Waals surface area contributed by atoms with E-state index in [1.54, 1.807) is 31.2 Å². The highest BCUT2D eigenvalue weighted by Gasteiger charge is 2.14. The molecule has 134 valence electrons. The van der Waals surface area contributed by atoms with Gasteiger partial charge in [0.15, 0.2) is 21.1 Å². The van der Waals surface area contributed by atoms with Crippen LogP contribution in [0.3, 0.4) is 0 Å². The van der Waals surface area contributed by atoms with E-state index in [1.165, 1.54) is 24.3 Å². The number of halogens is 1. The SMILES string of the molecule is CCS(=O)(=O)c1ccc2oc(=O)c(C=C(O)c3cccc(Br)c3)nc2c1. The van der Waals surface area contributed by atoms with Crippen molar-refractivity contribution in [1.29, 1.82) is 0 Å². The Kier molecular flexibility index (Phi) is 4.97. The summed E-state index contributed by atoms with van der Waals surface area (Å²) in [4.78, 5) is 16.3. The highest BCUT2D eigenvalue weighted by atomic mass is 79.9. The predicted octanol–water partition coefficient (Wildman–Crippen LogP) is 3.80. The maximum absolute atomic E-state index is 12.1. The molecule has 0 bridgehead atoms. The molecule has 0 saturated heterocycles. The van der Waals surface area contributed by atoms with E-state index in [-0.39, 0.29) is 33.2 Å². The standard InChI is InChI=1S/C18H14BrNO5S/c1-2-26(23,24)13-6-7-17-14(9-13)20-15(18(22)25-17)10-16(21)11-4-3-5-12(19)8-11/h3-10,21H,2H2,1H3. The molecular weight excluding hydrogens is 422 g/mol. The van der Waals surface area contributed by atoms with Crippen LogP contribution >= 0.6 is 15.9 Å². The third-order valence-corrected chi connectivity index (χ3v) is 5.94. The Balaban J connectivity index is 2.13. The molecule has 1 aromatic heterocycles. The number of rotatable bonds is 4. The number of nitrogens with zero attached hydrogens (tertiary/aromatic N) is 1. The molecule has 0 atom stereocenters. The normalized spacial score (nSPS) is 12.5. The van der Waals surface area contributed by atoms with Crippen molar-refractivity contribution >= 4 is 48.7 Å². The Morgan fingerprint density at radius 2 is 2.04 bits per heavy atom. The first-order valence-electron chi connectivity index (χ1n) is 7.64. The van der Waals surface area contributed by atoms with Crippen molar-refractivity contribution in [3.8, 4) is 0 Å². The van der Waals surface area contributed by atoms with Gasteiger partial charge in [0.2, 0.25) is 0 Å². The molecule has 0 saturated carbocycles. The molecule has 0 spiro atoms. The van der Waals surface area contributed by atoms with Crippen molar-refractivity contribution in [3.63, 3.8) is 0 Å². The van der Waals surface area contributed by atoms with E-state index < -0.39 is 15.5 Å². The van der Waals surface area contributed by atoms with Crippen LogP contribution in [0.15, 0.2) is 61.0 Å². The van der Waals surface area contributed by atoms with Crippen molar-refractivity contribution in [2.24, 2.45) is 0 Å². The zero-order valence-corrected chi connectivity index (χ0v) is 16.0. The van der Waals surface area contributed by atoms with Gasteiger partial charge in [0.25, 0.3) is 0 Å². The number of benzene rings is 2. The second-order valence-corrected chi connectivity index (χ2v) is 8.65. The minimum absolute atomic E-state index is 0.0499. The van der Waals surface area contributed by atoms with Gasteiger partial charge in [-0.1, -0.05) is 35.0 Å². The molecule has 0 unspecified atom stereocenters. The van der Waals surface area contributed by atoms with Crippen LogP contribution < -0.4 is 5.63 Å². The molecule has 1 N–H and O–H groups in total. The molecule has 2 aromatic carbocycles. The lowest BCUT2D eigenvalue weighted by molar-refractivity contribution is 0.514. The van der Waals surface area contributed by atoms with Gasteiger partial charge in [0.05, 0.1) is 10.6 Å². The van der Waals surface area contributed by atoms with Crippen LogP contribution in [0.25, 0.3) is 22.9 Å². The second-order valence-electron chi connectivity index (χ2n) is 5.46. The average molecular weight is 436 g/mol. The van der Waals surface area contributed by atoms with Crippen molar-refractivity contribution in [1.82, 2.24) is 4.98 Å². The zero-order chi connectivity index (χ0) is 18.9. The molecule has 1 heterocycles. The Morgan fingerprint density at radius 3 is 2.73 bits per heavy atom. The van der Waals surface area contributed by atoms with Gasteiger partial charge in [0, 0.05) is 16.1 Å². The summed E-state index contributed by atoms with van der Waals surface area (Å²) in [6.07, 6.45) is 1.19. The van der Waals surface area contributed by atoms with Crippen molar-refractivity contribution in [3.05, 3.63) is 68.6 Å². The van der Waals surface area contributed by atoms with E-state index >= 15 is 0 Å². The summed E-state index contributed by atoms with van der Waals surface area (Å²) in [7, 11) is -3.41. The van der Waals surface area contributed by atoms with Gasteiger partial charge in [-0.15, -0.1) is 0 Å². The Labute approximate surface area is 157 Å². The number of sulfone groups is 1. The summed E-state index contributed by atoms with van der Waals surface area (Å²) in [6.45, 7) is 1.54. The average Bonchev–Trinajstić information content (AvgIpc) is 2.61. The number of aromatic nitrogens is 1. The number of fused-ring (bicyclic) bond motifs is 1. The fourth-order valence-corrected chi connectivity index (χ4v) is 3.61. The fourth-order valence-electron chi connectivity index (χ4n) is 2.31. The van der Waals surface area contributed by atoms with Crippen LogP contribution in [-0.4, -0.2) is 24.3 Å². The third kappa shape index (κ3) is 3.71. The van der Waals surface area contributed by atoms with Gasteiger partial charge in [-0.2, -0.15) is 0 Å². The predicted molar refractivity (Wildman–Crippen MR) is 103 cm³/mol. The van der Waals surface area contributed by atoms with Gasteiger partial charge in [-0.05, 0) is 30.3 Å². The molecule has 0 radical (unpaired) electrons. The fraction of sp³-hybridized carbons (Fsp3) is 0.111. The second kappa shape index (κ2) is 7.05. The molecule has 3 rings (SSSR count). The van der Waals surface area contributed by atoms with E-state index in [0.717, 1.165) is 4.47 Å². The Bertz CT molecular complexity index is 1180. The maximum Gasteiger partial charge on any atom is 0.362 e. The molecule has 26 heavy (non-hydrogen) atoms. The summed E-state index contributed by atoms with van der Waals surface area (Å²) in [5, 5.41) is 10.2. The van der Waals surface area contributed by atoms with Gasteiger partial charge in [-0.25, -0.2) is 18.2 Å². The van der Waals surface area contributed by atoms with Crippen LogP contribution in [0, 0.1) is 0 Å². The van der Waals surface area contributed by atoms with E-state index in [2.05, 4.69) is 20.9 Å². The number of hydrogen-bond acceptors (Lipinski definition) is 6. The molecule has 0 aliphatic rings. The molecule has 0 aliphatic carbocycles. The lowest BCUT2D eigenvalue weighted by atomic mass is 10.1. The van der Waals surface area contributed by atoms with Crippen LogP contribution in [-0.2, 0) is 9.84 Å². The molecular formula is C18H14BrNO5S. The Morgan fingerprint density at radius 1 is 1.27 bits per heavy atom. The summed E-state index contributed by atoms with van der Waals surface area (Å²) in [6, 6.07) is 11.0. The lowest BCUT2D eigenvalue weighted by Crippen LogP contribution is -2.08. The smallest absolute Gasteiger partial charge is 0.362 e. The zero-order valence-electron chi connectivity index (χ0n) is 13.6. The minimum Gasteiger partial charge on any atom is -0.507 e. The molecule has 8 heteroatoms. The van der Waals surface area contributed by atoms with Crippen molar-refractivity contribution in [2.45, 2.75) is 11.8 Å². The molecule has 3 aromatic rings. The van der Waals surface area contributed by atoms with E-state index in [9.17, 15) is 18.3 Å². The first kappa shape index (κ1) is 18.3. The summed E-state index contributed by atoms with van der Waals surface area (Å²) >= 11 is 3.31. The highest BCUT2D eigenvalue weighted by molar-refractivity contribution is 9.10. The van der Waals surface area contributed by atoms with Crippen LogP contribution in [0.2, 0.25) is 0 Å². The topological polar surface area (TPSA) is 97.5 Å². The number of aliphatic hydroxyl groups excluding tert-OH is 1. The summed E-state index contributed by atoms with van der Waals surface area (Å²) < 4.78 is 30.0. The van der Waals surface area contributed by atoms with Crippen LogP contribution in [0.1, 0.15) is 18.2 Å². The molecule has 0 amide bonds. The summed E-state index contributed by atoms with van der Waals surface area (Å²) in [5.41, 5.74) is 0.0192. The monoisotopic (exact) mass is 435 g/mol. The van der Waals surface area contributed by atoms with Crippen molar-refractivity contribution < 1.29 is 17.9 Å². The molecule has 6 nitrogen and oxygen atoms in total. The van der Waals surface area contributed by atoms with Crippen molar-refractivity contribution in [2.75, 3.05) is 5.75 Å². The molecule has 0 aliphatic heterocycles. The van der Waals surface area contributed by atoms with E-state index in [0.29, 0.717) is 5.56 Å². The van der Waals surface area contributed by atoms with Gasteiger partial charge in [-0.3, -0.25) is 0 Å². The van der Waals surface area contributed by atoms with E-state index in [1.807, 2.05) is 0 Å². The quantitative estimate of drug-likeness (QED) is 0.625. The van der Waals surface area contributed by atoms with Crippen LogP contribution in [0.5, 0.6) is 0 Å². The van der Waals surface area contributed by atoms with Gasteiger partial charge >= 0.3 is 5.63 Å². The number of hydrogen-bond donors (Lipinski definition) is 1. The van der Waals surface area contributed by atoms with Gasteiger partial charge < -0.3 is 9.52 Å².